The minimum absolute atomic E-state index is 0.0763. The molecule has 0 radical (unpaired) electrons. The lowest BCUT2D eigenvalue weighted by Crippen LogP contribution is -2.15. The number of nitrogens with one attached hydrogen (secondary N) is 1. The maximum atomic E-state index is 13.7. The summed E-state index contributed by atoms with van der Waals surface area (Å²) in [6.45, 7) is 0. The van der Waals surface area contributed by atoms with Crippen molar-refractivity contribution in [3.63, 3.8) is 0 Å². The first-order chi connectivity index (χ1) is 10.6. The second kappa shape index (κ2) is 6.80. The fourth-order valence-electron chi connectivity index (χ4n) is 1.98. The molecule has 6 heteroatoms. The standard InChI is InChI=1S/C16H16FNO4/c1-20-10-8-13(21-2)15(14(9-10)22-3)16(19)18-12-7-5-4-6-11(12)17/h4-9H,1-3H3,(H,18,19). The summed E-state index contributed by atoms with van der Waals surface area (Å²) in [5.41, 5.74) is 0.237. The first kappa shape index (κ1) is 15.6. The van der Waals surface area contributed by atoms with Gasteiger partial charge in [-0.3, -0.25) is 4.79 Å². The van der Waals surface area contributed by atoms with Crippen LogP contribution < -0.4 is 19.5 Å². The van der Waals surface area contributed by atoms with Crippen LogP contribution in [-0.4, -0.2) is 27.2 Å². The average Bonchev–Trinajstić information content (AvgIpc) is 2.55. The number of ether oxygens (including phenoxy) is 3. The molecule has 1 amide bonds. The maximum Gasteiger partial charge on any atom is 0.263 e. The molecular weight excluding hydrogens is 289 g/mol. The normalized spacial score (nSPS) is 10.0. The second-order valence-electron chi connectivity index (χ2n) is 4.34. The molecule has 0 atom stereocenters. The van der Waals surface area contributed by atoms with Gasteiger partial charge in [-0.1, -0.05) is 12.1 Å². The van der Waals surface area contributed by atoms with Crippen molar-refractivity contribution in [2.75, 3.05) is 26.6 Å². The zero-order valence-corrected chi connectivity index (χ0v) is 12.5. The molecule has 2 rings (SSSR count). The molecule has 0 unspecified atom stereocenters. The number of rotatable bonds is 5. The number of methoxy groups -OCH3 is 3. The lowest BCUT2D eigenvalue weighted by molar-refractivity contribution is 0.102. The maximum absolute atomic E-state index is 13.7. The molecule has 5 nitrogen and oxygen atoms in total. The van der Waals surface area contributed by atoms with Gasteiger partial charge in [0.2, 0.25) is 0 Å². The lowest BCUT2D eigenvalue weighted by atomic mass is 10.1. The van der Waals surface area contributed by atoms with Gasteiger partial charge in [0.15, 0.2) is 0 Å². The van der Waals surface area contributed by atoms with Crippen LogP contribution in [0.4, 0.5) is 10.1 Å². The van der Waals surface area contributed by atoms with E-state index in [1.807, 2.05) is 0 Å². The van der Waals surface area contributed by atoms with Crippen LogP contribution in [0.1, 0.15) is 10.4 Å². The number of hydrogen-bond donors (Lipinski definition) is 1. The Labute approximate surface area is 127 Å². The molecule has 0 saturated carbocycles. The van der Waals surface area contributed by atoms with Gasteiger partial charge < -0.3 is 19.5 Å². The van der Waals surface area contributed by atoms with Crippen LogP contribution in [0, 0.1) is 5.82 Å². The predicted octanol–water partition coefficient (Wildman–Crippen LogP) is 3.10. The zero-order chi connectivity index (χ0) is 16.1. The Morgan fingerprint density at radius 2 is 1.59 bits per heavy atom. The van der Waals surface area contributed by atoms with E-state index in [9.17, 15) is 9.18 Å². The van der Waals surface area contributed by atoms with Gasteiger partial charge in [0.1, 0.15) is 28.6 Å². The number of anilines is 1. The topological polar surface area (TPSA) is 56.8 Å². The molecule has 116 valence electrons. The smallest absolute Gasteiger partial charge is 0.263 e. The molecule has 0 saturated heterocycles. The first-order valence-corrected chi connectivity index (χ1v) is 6.46. The summed E-state index contributed by atoms with van der Waals surface area (Å²) < 4.78 is 29.2. The van der Waals surface area contributed by atoms with Gasteiger partial charge in [0.25, 0.3) is 5.91 Å². The third-order valence-electron chi connectivity index (χ3n) is 3.06. The SMILES string of the molecule is COc1cc(OC)c(C(=O)Nc2ccccc2F)c(OC)c1. The van der Waals surface area contributed by atoms with E-state index in [0.717, 1.165) is 0 Å². The molecule has 1 N–H and O–H groups in total. The van der Waals surface area contributed by atoms with Gasteiger partial charge in [-0.15, -0.1) is 0 Å². The quantitative estimate of drug-likeness (QED) is 0.922. The summed E-state index contributed by atoms with van der Waals surface area (Å²) >= 11 is 0. The van der Waals surface area contributed by atoms with Crippen molar-refractivity contribution in [3.8, 4) is 17.2 Å². The van der Waals surface area contributed by atoms with Crippen LogP contribution in [0.15, 0.2) is 36.4 Å². The minimum Gasteiger partial charge on any atom is -0.496 e. The van der Waals surface area contributed by atoms with E-state index in [0.29, 0.717) is 5.75 Å². The fourth-order valence-corrected chi connectivity index (χ4v) is 1.98. The molecule has 0 aliphatic heterocycles. The second-order valence-corrected chi connectivity index (χ2v) is 4.34. The number of para-hydroxylation sites is 1. The van der Waals surface area contributed by atoms with E-state index in [2.05, 4.69) is 5.32 Å². The van der Waals surface area contributed by atoms with Crippen molar-refractivity contribution in [3.05, 3.63) is 47.8 Å². The highest BCUT2D eigenvalue weighted by molar-refractivity contribution is 6.08. The number of benzene rings is 2. The predicted molar refractivity (Wildman–Crippen MR) is 80.5 cm³/mol. The number of carbonyl (C=O) groups excluding carboxylic acids is 1. The third-order valence-corrected chi connectivity index (χ3v) is 3.06. The van der Waals surface area contributed by atoms with Crippen LogP contribution in [0.3, 0.4) is 0 Å². The number of carbonyl (C=O) groups is 1. The number of hydrogen-bond acceptors (Lipinski definition) is 4. The molecule has 0 fully saturated rings. The van der Waals surface area contributed by atoms with Crippen LogP contribution >= 0.6 is 0 Å². The molecular formula is C16H16FNO4. The van der Waals surface area contributed by atoms with E-state index in [1.165, 1.54) is 33.5 Å². The Morgan fingerprint density at radius 1 is 1.00 bits per heavy atom. The Bertz CT molecular complexity index is 663. The monoisotopic (exact) mass is 305 g/mol. The lowest BCUT2D eigenvalue weighted by Gasteiger charge is -2.15. The van der Waals surface area contributed by atoms with E-state index in [-0.39, 0.29) is 22.7 Å². The van der Waals surface area contributed by atoms with Crippen molar-refractivity contribution in [2.45, 2.75) is 0 Å². The highest BCUT2D eigenvalue weighted by Crippen LogP contribution is 2.34. The van der Waals surface area contributed by atoms with Gasteiger partial charge >= 0.3 is 0 Å². The van der Waals surface area contributed by atoms with Crippen LogP contribution in [-0.2, 0) is 0 Å². The Balaban J connectivity index is 2.42. The Kier molecular flexibility index (Phi) is 4.83. The molecule has 0 aliphatic rings. The summed E-state index contributed by atoms with van der Waals surface area (Å²) in [5.74, 6) is -0.0463. The van der Waals surface area contributed by atoms with Crippen molar-refractivity contribution in [1.29, 1.82) is 0 Å². The number of amides is 1. The molecule has 2 aromatic rings. The van der Waals surface area contributed by atoms with Gasteiger partial charge in [0, 0.05) is 12.1 Å². The third kappa shape index (κ3) is 3.11. The van der Waals surface area contributed by atoms with Crippen molar-refractivity contribution < 1.29 is 23.4 Å². The van der Waals surface area contributed by atoms with E-state index in [1.54, 1.807) is 24.3 Å². The van der Waals surface area contributed by atoms with Crippen LogP contribution in [0.2, 0.25) is 0 Å². The van der Waals surface area contributed by atoms with Gasteiger partial charge in [-0.2, -0.15) is 0 Å². The van der Waals surface area contributed by atoms with Gasteiger partial charge in [-0.05, 0) is 12.1 Å². The van der Waals surface area contributed by atoms with E-state index >= 15 is 0 Å². The van der Waals surface area contributed by atoms with E-state index < -0.39 is 11.7 Å². The van der Waals surface area contributed by atoms with Crippen LogP contribution in [0.5, 0.6) is 17.2 Å². The van der Waals surface area contributed by atoms with Crippen LogP contribution in [0.25, 0.3) is 0 Å². The Morgan fingerprint density at radius 3 is 2.09 bits per heavy atom. The molecule has 2 aromatic carbocycles. The highest BCUT2D eigenvalue weighted by Gasteiger charge is 2.21. The summed E-state index contributed by atoms with van der Waals surface area (Å²) in [4.78, 5) is 12.4. The largest absolute Gasteiger partial charge is 0.496 e. The van der Waals surface area contributed by atoms with Gasteiger partial charge in [-0.25, -0.2) is 4.39 Å². The summed E-state index contributed by atoms with van der Waals surface area (Å²) in [7, 11) is 4.34. The van der Waals surface area contributed by atoms with Crippen molar-refractivity contribution in [2.24, 2.45) is 0 Å². The highest BCUT2D eigenvalue weighted by atomic mass is 19.1. The zero-order valence-electron chi connectivity index (χ0n) is 12.5. The van der Waals surface area contributed by atoms with Gasteiger partial charge in [0.05, 0.1) is 27.0 Å². The fraction of sp³-hybridized carbons (Fsp3) is 0.188. The molecule has 22 heavy (non-hydrogen) atoms. The summed E-state index contributed by atoms with van der Waals surface area (Å²) in [6.07, 6.45) is 0. The molecule has 0 heterocycles. The molecule has 0 spiro atoms. The average molecular weight is 305 g/mol. The summed E-state index contributed by atoms with van der Waals surface area (Å²) in [6, 6.07) is 9.01. The minimum atomic E-state index is -0.540. The number of halogens is 1. The molecule has 0 bridgehead atoms. The van der Waals surface area contributed by atoms with Crippen molar-refractivity contribution >= 4 is 11.6 Å². The summed E-state index contributed by atoms with van der Waals surface area (Å²) in [5, 5.41) is 2.50. The van der Waals surface area contributed by atoms with Crippen molar-refractivity contribution in [1.82, 2.24) is 0 Å². The molecule has 0 aliphatic carbocycles. The molecule has 0 aromatic heterocycles. The Hall–Kier alpha value is -2.76. The first-order valence-electron chi connectivity index (χ1n) is 6.46. The van der Waals surface area contributed by atoms with E-state index in [4.69, 9.17) is 14.2 Å².